The second kappa shape index (κ2) is 6.72. The fourth-order valence-electron chi connectivity index (χ4n) is 1.49. The number of hydrogen-bond acceptors (Lipinski definition) is 3. The molecular formula is C13H16FNO4. The molecule has 0 saturated heterocycles. The van der Waals surface area contributed by atoms with Crippen LogP contribution in [0.4, 0.5) is 4.39 Å². The van der Waals surface area contributed by atoms with Crippen molar-refractivity contribution in [3.05, 3.63) is 30.1 Å². The van der Waals surface area contributed by atoms with Gasteiger partial charge in [0.25, 0.3) is 5.91 Å². The Balaban J connectivity index is 2.63. The fraction of sp³-hybridized carbons (Fsp3) is 0.385. The number of carboxylic acid groups (broad SMARTS) is 1. The van der Waals surface area contributed by atoms with Crippen molar-refractivity contribution in [2.75, 3.05) is 13.2 Å². The van der Waals surface area contributed by atoms with Crippen LogP contribution in [0, 0.1) is 5.82 Å². The zero-order chi connectivity index (χ0) is 14.4. The first-order chi connectivity index (χ1) is 8.91. The highest BCUT2D eigenvalue weighted by molar-refractivity contribution is 5.82. The van der Waals surface area contributed by atoms with Crippen LogP contribution >= 0.6 is 0 Å². The molecule has 0 atom stereocenters. The van der Waals surface area contributed by atoms with E-state index in [2.05, 4.69) is 0 Å². The van der Waals surface area contributed by atoms with E-state index in [1.165, 1.54) is 18.2 Å². The first kappa shape index (κ1) is 14.9. The minimum atomic E-state index is -1.10. The number of aliphatic carboxylic acids is 1. The molecule has 1 amide bonds. The maximum Gasteiger partial charge on any atom is 0.323 e. The molecule has 0 saturated carbocycles. The number of carboxylic acids is 1. The molecule has 0 aliphatic heterocycles. The van der Waals surface area contributed by atoms with Crippen LogP contribution in [0.3, 0.4) is 0 Å². The molecule has 0 aliphatic carbocycles. The summed E-state index contributed by atoms with van der Waals surface area (Å²) < 4.78 is 18.3. The van der Waals surface area contributed by atoms with E-state index >= 15 is 0 Å². The standard InChI is InChI=1S/C13H16FNO4/c1-9(2)15(7-13(17)18)12(16)8-19-11-6-4-3-5-10(11)14/h3-6,9H,7-8H2,1-2H3,(H,17,18). The number of para-hydroxylation sites is 1. The van der Waals surface area contributed by atoms with E-state index in [-0.39, 0.29) is 11.8 Å². The van der Waals surface area contributed by atoms with E-state index in [0.717, 1.165) is 4.90 Å². The Morgan fingerprint density at radius 1 is 1.37 bits per heavy atom. The van der Waals surface area contributed by atoms with Crippen molar-refractivity contribution in [1.82, 2.24) is 4.90 Å². The van der Waals surface area contributed by atoms with Gasteiger partial charge < -0.3 is 14.7 Å². The van der Waals surface area contributed by atoms with Gasteiger partial charge in [0.05, 0.1) is 0 Å². The highest BCUT2D eigenvalue weighted by Gasteiger charge is 2.20. The summed E-state index contributed by atoms with van der Waals surface area (Å²) in [6, 6.07) is 5.44. The Morgan fingerprint density at radius 2 is 2.00 bits per heavy atom. The summed E-state index contributed by atoms with van der Waals surface area (Å²) in [5, 5.41) is 8.72. The van der Waals surface area contributed by atoms with E-state index in [1.807, 2.05) is 0 Å². The van der Waals surface area contributed by atoms with Gasteiger partial charge in [-0.05, 0) is 26.0 Å². The summed E-state index contributed by atoms with van der Waals surface area (Å²) in [7, 11) is 0. The van der Waals surface area contributed by atoms with E-state index in [4.69, 9.17) is 9.84 Å². The molecule has 0 unspecified atom stereocenters. The van der Waals surface area contributed by atoms with E-state index in [9.17, 15) is 14.0 Å². The SMILES string of the molecule is CC(C)N(CC(=O)O)C(=O)COc1ccccc1F. The van der Waals surface area contributed by atoms with Gasteiger partial charge in [0.1, 0.15) is 6.54 Å². The molecule has 1 aromatic carbocycles. The lowest BCUT2D eigenvalue weighted by atomic mass is 10.3. The molecule has 0 aliphatic rings. The van der Waals surface area contributed by atoms with Crippen LogP contribution in [0.1, 0.15) is 13.8 Å². The molecule has 19 heavy (non-hydrogen) atoms. The zero-order valence-corrected chi connectivity index (χ0v) is 10.8. The Hall–Kier alpha value is -2.11. The van der Waals surface area contributed by atoms with Crippen molar-refractivity contribution in [3.8, 4) is 5.75 Å². The quantitative estimate of drug-likeness (QED) is 0.850. The van der Waals surface area contributed by atoms with Gasteiger partial charge in [-0.2, -0.15) is 0 Å². The summed E-state index contributed by atoms with van der Waals surface area (Å²) in [6.07, 6.45) is 0. The minimum Gasteiger partial charge on any atom is -0.481 e. The average molecular weight is 269 g/mol. The number of carbonyl (C=O) groups is 2. The largest absolute Gasteiger partial charge is 0.481 e. The first-order valence-electron chi connectivity index (χ1n) is 5.80. The fourth-order valence-corrected chi connectivity index (χ4v) is 1.49. The van der Waals surface area contributed by atoms with Crippen LogP contribution in [-0.2, 0) is 9.59 Å². The van der Waals surface area contributed by atoms with E-state index in [0.29, 0.717) is 0 Å². The number of hydrogen-bond donors (Lipinski definition) is 1. The van der Waals surface area contributed by atoms with Gasteiger partial charge in [-0.1, -0.05) is 12.1 Å². The smallest absolute Gasteiger partial charge is 0.323 e. The van der Waals surface area contributed by atoms with Crippen LogP contribution in [0.25, 0.3) is 0 Å². The lowest BCUT2D eigenvalue weighted by Gasteiger charge is -2.24. The Kier molecular flexibility index (Phi) is 5.29. The van der Waals surface area contributed by atoms with Crippen molar-refractivity contribution in [1.29, 1.82) is 0 Å². The van der Waals surface area contributed by atoms with Crippen LogP contribution in [0.2, 0.25) is 0 Å². The average Bonchev–Trinajstić information content (AvgIpc) is 2.34. The van der Waals surface area contributed by atoms with Gasteiger partial charge in [-0.25, -0.2) is 4.39 Å². The van der Waals surface area contributed by atoms with Crippen LogP contribution in [0.15, 0.2) is 24.3 Å². The zero-order valence-electron chi connectivity index (χ0n) is 10.8. The highest BCUT2D eigenvalue weighted by Crippen LogP contribution is 2.15. The molecule has 6 heteroatoms. The second-order valence-corrected chi connectivity index (χ2v) is 4.23. The monoisotopic (exact) mass is 269 g/mol. The minimum absolute atomic E-state index is 0.0325. The predicted octanol–water partition coefficient (Wildman–Crippen LogP) is 1.53. The van der Waals surface area contributed by atoms with Crippen molar-refractivity contribution in [2.45, 2.75) is 19.9 Å². The first-order valence-corrected chi connectivity index (χ1v) is 5.80. The van der Waals surface area contributed by atoms with Crippen LogP contribution < -0.4 is 4.74 Å². The summed E-state index contributed by atoms with van der Waals surface area (Å²) in [5.74, 6) is -2.20. The molecule has 0 aromatic heterocycles. The number of ether oxygens (including phenoxy) is 1. The number of rotatable bonds is 6. The Bertz CT molecular complexity index is 462. The lowest BCUT2D eigenvalue weighted by molar-refractivity contribution is -0.146. The topological polar surface area (TPSA) is 66.8 Å². The number of nitrogens with zero attached hydrogens (tertiary/aromatic N) is 1. The molecule has 0 bridgehead atoms. The van der Waals surface area contributed by atoms with Gasteiger partial charge in [0, 0.05) is 6.04 Å². The van der Waals surface area contributed by atoms with Gasteiger partial charge >= 0.3 is 5.97 Å². The second-order valence-electron chi connectivity index (χ2n) is 4.23. The van der Waals surface area contributed by atoms with Gasteiger partial charge in [0.2, 0.25) is 0 Å². The van der Waals surface area contributed by atoms with E-state index < -0.39 is 30.8 Å². The maximum atomic E-state index is 13.3. The third-order valence-electron chi connectivity index (χ3n) is 2.44. The molecule has 0 heterocycles. The van der Waals surface area contributed by atoms with Crippen LogP contribution in [0.5, 0.6) is 5.75 Å². The number of carbonyl (C=O) groups excluding carboxylic acids is 1. The summed E-state index contributed by atoms with van der Waals surface area (Å²) in [6.45, 7) is 2.59. The van der Waals surface area contributed by atoms with Crippen molar-refractivity contribution >= 4 is 11.9 Å². The Labute approximate surface area is 110 Å². The third kappa shape index (κ3) is 4.57. The third-order valence-corrected chi connectivity index (χ3v) is 2.44. The molecule has 0 fully saturated rings. The van der Waals surface area contributed by atoms with Crippen molar-refractivity contribution in [2.24, 2.45) is 0 Å². The number of halogens is 1. The molecule has 5 nitrogen and oxygen atoms in total. The molecule has 1 N–H and O–H groups in total. The summed E-state index contributed by atoms with van der Waals surface area (Å²) >= 11 is 0. The summed E-state index contributed by atoms with van der Waals surface area (Å²) in [5.41, 5.74) is 0. The molecule has 1 aromatic rings. The summed E-state index contributed by atoms with van der Waals surface area (Å²) in [4.78, 5) is 23.6. The maximum absolute atomic E-state index is 13.3. The highest BCUT2D eigenvalue weighted by atomic mass is 19.1. The lowest BCUT2D eigenvalue weighted by Crippen LogP contribution is -2.43. The molecular weight excluding hydrogens is 253 g/mol. The number of benzene rings is 1. The van der Waals surface area contributed by atoms with Gasteiger partial charge in [-0.15, -0.1) is 0 Å². The predicted molar refractivity (Wildman–Crippen MR) is 66.4 cm³/mol. The van der Waals surface area contributed by atoms with Crippen molar-refractivity contribution < 1.29 is 23.8 Å². The molecule has 0 spiro atoms. The van der Waals surface area contributed by atoms with Gasteiger partial charge in [0.15, 0.2) is 18.2 Å². The van der Waals surface area contributed by atoms with Crippen molar-refractivity contribution in [3.63, 3.8) is 0 Å². The Morgan fingerprint density at radius 3 is 2.53 bits per heavy atom. The van der Waals surface area contributed by atoms with Crippen LogP contribution in [-0.4, -0.2) is 41.1 Å². The molecule has 104 valence electrons. The normalized spacial score (nSPS) is 10.3. The number of amides is 1. The molecule has 0 radical (unpaired) electrons. The molecule has 1 rings (SSSR count). The van der Waals surface area contributed by atoms with E-state index in [1.54, 1.807) is 19.9 Å². The van der Waals surface area contributed by atoms with Gasteiger partial charge in [-0.3, -0.25) is 9.59 Å².